The van der Waals surface area contributed by atoms with Crippen molar-refractivity contribution < 1.29 is 4.79 Å². The van der Waals surface area contributed by atoms with Crippen LogP contribution in [0.25, 0.3) is 0 Å². The van der Waals surface area contributed by atoms with Crippen LogP contribution in [0.15, 0.2) is 34.6 Å². The number of anilines is 1. The number of para-hydroxylation sites is 1. The summed E-state index contributed by atoms with van der Waals surface area (Å²) in [6.07, 6.45) is 0.914. The Morgan fingerprint density at radius 2 is 2.15 bits per heavy atom. The molecule has 1 aromatic heterocycles. The number of nitrogens with zero attached hydrogens (tertiary/aromatic N) is 3. The summed E-state index contributed by atoms with van der Waals surface area (Å²) in [4.78, 5) is 23.2. The van der Waals surface area contributed by atoms with Crippen molar-refractivity contribution in [3.63, 3.8) is 0 Å². The van der Waals surface area contributed by atoms with Gasteiger partial charge in [0, 0.05) is 24.7 Å². The van der Waals surface area contributed by atoms with Gasteiger partial charge in [-0.05, 0) is 24.0 Å². The molecule has 0 fully saturated rings. The van der Waals surface area contributed by atoms with E-state index < -0.39 is 0 Å². The average molecular weight is 372 g/mol. The van der Waals surface area contributed by atoms with Crippen LogP contribution in [0.1, 0.15) is 36.0 Å². The molecule has 0 unspecified atom stereocenters. The van der Waals surface area contributed by atoms with Crippen LogP contribution < -0.4 is 15.5 Å². The lowest BCUT2D eigenvalue weighted by molar-refractivity contribution is -0.117. The number of guanidine groups is 1. The van der Waals surface area contributed by atoms with Crippen LogP contribution in [0.4, 0.5) is 5.69 Å². The van der Waals surface area contributed by atoms with Crippen molar-refractivity contribution in [2.24, 2.45) is 4.99 Å². The maximum Gasteiger partial charge on any atom is 0.246 e. The summed E-state index contributed by atoms with van der Waals surface area (Å²) < 4.78 is 0. The Morgan fingerprint density at radius 1 is 1.35 bits per heavy atom. The van der Waals surface area contributed by atoms with Gasteiger partial charge >= 0.3 is 0 Å². The highest BCUT2D eigenvalue weighted by atomic mass is 32.1. The Kier molecular flexibility index (Phi) is 5.88. The number of thiazole rings is 1. The predicted molar refractivity (Wildman–Crippen MR) is 107 cm³/mol. The second-order valence-corrected chi connectivity index (χ2v) is 7.47. The van der Waals surface area contributed by atoms with E-state index >= 15 is 0 Å². The summed E-state index contributed by atoms with van der Waals surface area (Å²) >= 11 is 1.64. The Bertz CT molecular complexity index is 799. The van der Waals surface area contributed by atoms with Gasteiger partial charge in [0.25, 0.3) is 0 Å². The molecule has 2 aromatic rings. The van der Waals surface area contributed by atoms with Crippen LogP contribution in [0.2, 0.25) is 0 Å². The first-order chi connectivity index (χ1) is 12.6. The minimum Gasteiger partial charge on any atom is -0.350 e. The Labute approximate surface area is 158 Å². The normalized spacial score (nSPS) is 13.8. The lowest BCUT2D eigenvalue weighted by atomic mass is 10.2. The molecule has 26 heavy (non-hydrogen) atoms. The number of nitrogens with one attached hydrogen (secondary N) is 2. The van der Waals surface area contributed by atoms with Crippen LogP contribution in [0.5, 0.6) is 0 Å². The monoisotopic (exact) mass is 371 g/mol. The summed E-state index contributed by atoms with van der Waals surface area (Å²) in [6, 6.07) is 8.07. The third kappa shape index (κ3) is 4.22. The number of rotatable bonds is 5. The average Bonchev–Trinajstić information content (AvgIpc) is 3.28. The molecule has 2 N–H and O–H groups in total. The number of hydrogen-bond acceptors (Lipinski definition) is 4. The smallest absolute Gasteiger partial charge is 0.246 e. The quantitative estimate of drug-likeness (QED) is 0.626. The molecule has 1 amide bonds. The van der Waals surface area contributed by atoms with Gasteiger partial charge in [0.2, 0.25) is 5.91 Å². The number of amides is 1. The largest absolute Gasteiger partial charge is 0.350 e. The zero-order valence-corrected chi connectivity index (χ0v) is 16.3. The molecule has 0 spiro atoms. The zero-order chi connectivity index (χ0) is 18.5. The van der Waals surface area contributed by atoms with E-state index in [1.807, 2.05) is 23.1 Å². The summed E-state index contributed by atoms with van der Waals surface area (Å²) in [7, 11) is 1.70. The van der Waals surface area contributed by atoms with Crippen LogP contribution >= 0.6 is 11.3 Å². The number of carbonyl (C=O) groups excluding carboxylic acids is 1. The molecule has 138 valence electrons. The molecule has 0 bridgehead atoms. The molecular formula is C19H25N5OS. The first-order valence-corrected chi connectivity index (χ1v) is 9.73. The fraction of sp³-hybridized carbons (Fsp3) is 0.421. The standard InChI is InChI=1S/C19H25N5OS/c1-13(2)15-12-26-17(23-15)10-21-19(20-3)22-11-18(25)24-9-8-14-6-4-5-7-16(14)24/h4-7,12-13H,8-11H2,1-3H3,(H2,20,21,22). The highest BCUT2D eigenvalue weighted by Crippen LogP contribution is 2.27. The number of benzene rings is 1. The molecule has 1 aliphatic rings. The number of fused-ring (bicyclic) bond motifs is 1. The molecule has 1 aromatic carbocycles. The summed E-state index contributed by atoms with van der Waals surface area (Å²) in [5, 5.41) is 9.42. The van der Waals surface area contributed by atoms with Crippen molar-refractivity contribution in [3.8, 4) is 0 Å². The van der Waals surface area contributed by atoms with E-state index in [2.05, 4.69) is 45.9 Å². The third-order valence-electron chi connectivity index (χ3n) is 4.39. The van der Waals surface area contributed by atoms with Gasteiger partial charge in [0.15, 0.2) is 5.96 Å². The van der Waals surface area contributed by atoms with Crippen molar-refractivity contribution in [1.82, 2.24) is 15.6 Å². The molecular weight excluding hydrogens is 346 g/mol. The highest BCUT2D eigenvalue weighted by molar-refractivity contribution is 7.09. The SMILES string of the molecule is CN=C(NCC(=O)N1CCc2ccccc21)NCc1nc(C(C)C)cs1. The number of aliphatic imine (C=N–C) groups is 1. The number of hydrogen-bond donors (Lipinski definition) is 2. The van der Waals surface area contributed by atoms with Crippen molar-refractivity contribution in [3.05, 3.63) is 45.9 Å². The second-order valence-electron chi connectivity index (χ2n) is 6.52. The van der Waals surface area contributed by atoms with E-state index in [0.29, 0.717) is 18.4 Å². The molecule has 7 heteroatoms. The van der Waals surface area contributed by atoms with E-state index in [9.17, 15) is 4.79 Å². The van der Waals surface area contributed by atoms with Gasteiger partial charge in [-0.3, -0.25) is 9.79 Å². The van der Waals surface area contributed by atoms with Crippen molar-refractivity contribution in [2.75, 3.05) is 25.0 Å². The summed E-state index contributed by atoms with van der Waals surface area (Å²) in [5.41, 5.74) is 3.36. The molecule has 0 saturated heterocycles. The summed E-state index contributed by atoms with van der Waals surface area (Å²) in [5.74, 6) is 1.08. The molecule has 0 aliphatic carbocycles. The van der Waals surface area contributed by atoms with Gasteiger partial charge in [-0.25, -0.2) is 4.98 Å². The first kappa shape index (κ1) is 18.4. The van der Waals surface area contributed by atoms with E-state index in [4.69, 9.17) is 0 Å². The molecule has 2 heterocycles. The van der Waals surface area contributed by atoms with Gasteiger partial charge in [0.05, 0.1) is 18.8 Å². The topological polar surface area (TPSA) is 69.6 Å². The maximum absolute atomic E-state index is 12.6. The van der Waals surface area contributed by atoms with Crippen LogP contribution in [0.3, 0.4) is 0 Å². The van der Waals surface area contributed by atoms with Gasteiger partial charge < -0.3 is 15.5 Å². The molecule has 0 radical (unpaired) electrons. The predicted octanol–water partition coefficient (Wildman–Crippen LogP) is 2.52. The van der Waals surface area contributed by atoms with Gasteiger partial charge in [0.1, 0.15) is 5.01 Å². The summed E-state index contributed by atoms with van der Waals surface area (Å²) in [6.45, 7) is 5.81. The highest BCUT2D eigenvalue weighted by Gasteiger charge is 2.23. The van der Waals surface area contributed by atoms with Crippen LogP contribution in [-0.4, -0.2) is 37.0 Å². The Hall–Kier alpha value is -2.41. The van der Waals surface area contributed by atoms with Crippen molar-refractivity contribution in [1.29, 1.82) is 0 Å². The van der Waals surface area contributed by atoms with E-state index in [1.54, 1.807) is 18.4 Å². The van der Waals surface area contributed by atoms with E-state index in [1.165, 1.54) is 5.56 Å². The van der Waals surface area contributed by atoms with Gasteiger partial charge in [-0.15, -0.1) is 11.3 Å². The Morgan fingerprint density at radius 3 is 2.88 bits per heavy atom. The van der Waals surface area contributed by atoms with Gasteiger partial charge in [-0.2, -0.15) is 0 Å². The molecule has 1 aliphatic heterocycles. The van der Waals surface area contributed by atoms with Crippen LogP contribution in [0, 0.1) is 0 Å². The fourth-order valence-corrected chi connectivity index (χ4v) is 3.80. The van der Waals surface area contributed by atoms with Crippen LogP contribution in [-0.2, 0) is 17.8 Å². The zero-order valence-electron chi connectivity index (χ0n) is 15.5. The van der Waals surface area contributed by atoms with E-state index in [-0.39, 0.29) is 12.5 Å². The molecule has 6 nitrogen and oxygen atoms in total. The molecule has 0 saturated carbocycles. The minimum absolute atomic E-state index is 0.0502. The fourth-order valence-electron chi connectivity index (χ4n) is 2.90. The molecule has 0 atom stereocenters. The number of carbonyl (C=O) groups is 1. The van der Waals surface area contributed by atoms with Crippen molar-refractivity contribution >= 4 is 28.9 Å². The number of aromatic nitrogens is 1. The van der Waals surface area contributed by atoms with E-state index in [0.717, 1.165) is 29.4 Å². The molecule has 3 rings (SSSR count). The third-order valence-corrected chi connectivity index (χ3v) is 5.25. The second kappa shape index (κ2) is 8.31. The Balaban J connectivity index is 1.50. The first-order valence-electron chi connectivity index (χ1n) is 8.85. The lowest BCUT2D eigenvalue weighted by Gasteiger charge is -2.18. The maximum atomic E-state index is 12.6. The minimum atomic E-state index is 0.0502. The lowest BCUT2D eigenvalue weighted by Crippen LogP contribution is -2.44. The van der Waals surface area contributed by atoms with Crippen molar-refractivity contribution in [2.45, 2.75) is 32.7 Å². The van der Waals surface area contributed by atoms with Gasteiger partial charge in [-0.1, -0.05) is 32.0 Å².